The van der Waals surface area contributed by atoms with E-state index in [0.29, 0.717) is 19.8 Å². The first-order chi connectivity index (χ1) is 14.0. The molecule has 29 heavy (non-hydrogen) atoms. The van der Waals surface area contributed by atoms with Gasteiger partial charge in [-0.2, -0.15) is 0 Å². The van der Waals surface area contributed by atoms with E-state index in [9.17, 15) is 5.11 Å². The van der Waals surface area contributed by atoms with Gasteiger partial charge < -0.3 is 19.3 Å². The summed E-state index contributed by atoms with van der Waals surface area (Å²) in [7, 11) is 0. The van der Waals surface area contributed by atoms with E-state index >= 15 is 0 Å². The largest absolute Gasteiger partial charge is 0.383 e. The summed E-state index contributed by atoms with van der Waals surface area (Å²) < 4.78 is 17.0. The summed E-state index contributed by atoms with van der Waals surface area (Å²) in [5, 5.41) is 10.8. The third kappa shape index (κ3) is 8.50. The normalized spacial score (nSPS) is 15.1. The average molecular weight is 399 g/mol. The van der Waals surface area contributed by atoms with E-state index in [1.807, 2.05) is 62.4 Å². The Bertz CT molecular complexity index is 710. The van der Waals surface area contributed by atoms with Crippen LogP contribution in [0.1, 0.15) is 44.7 Å². The number of ether oxygens (including phenoxy) is 3. The fourth-order valence-electron chi connectivity index (χ4n) is 2.84. The summed E-state index contributed by atoms with van der Waals surface area (Å²) >= 11 is 0. The lowest BCUT2D eigenvalue weighted by Gasteiger charge is -2.31. The van der Waals surface area contributed by atoms with Crippen LogP contribution in [0.2, 0.25) is 0 Å². The van der Waals surface area contributed by atoms with Crippen LogP contribution >= 0.6 is 0 Å². The van der Waals surface area contributed by atoms with E-state index < -0.39 is 5.60 Å². The van der Waals surface area contributed by atoms with Gasteiger partial charge in [-0.15, -0.1) is 0 Å². The van der Waals surface area contributed by atoms with Crippen LogP contribution in [-0.2, 0) is 27.4 Å². The molecule has 0 aromatic heterocycles. The van der Waals surface area contributed by atoms with Crippen LogP contribution in [0.3, 0.4) is 0 Å². The predicted octanol–water partition coefficient (Wildman–Crippen LogP) is 5.26. The molecule has 0 aliphatic rings. The maximum absolute atomic E-state index is 10.8. The highest BCUT2D eigenvalue weighted by Crippen LogP contribution is 2.23. The molecular weight excluding hydrogens is 364 g/mol. The second kappa shape index (κ2) is 12.6. The summed E-state index contributed by atoms with van der Waals surface area (Å²) in [5.41, 5.74) is 2.14. The molecule has 0 bridgehead atoms. The number of unbranched alkanes of at least 4 members (excludes halogenated alkanes) is 1. The summed E-state index contributed by atoms with van der Waals surface area (Å²) in [6, 6.07) is 20.1. The van der Waals surface area contributed by atoms with E-state index in [2.05, 4.69) is 18.2 Å². The number of aliphatic hydroxyl groups is 1. The molecule has 2 aromatic rings. The second-order valence-corrected chi connectivity index (χ2v) is 7.48. The highest BCUT2D eigenvalue weighted by atomic mass is 16.7. The van der Waals surface area contributed by atoms with Gasteiger partial charge in [-0.25, -0.2) is 0 Å². The van der Waals surface area contributed by atoms with Gasteiger partial charge in [-0.1, -0.05) is 66.7 Å². The summed E-state index contributed by atoms with van der Waals surface area (Å²) in [6.45, 7) is 7.56. The minimum absolute atomic E-state index is 0.146. The molecule has 2 atom stereocenters. The lowest BCUT2D eigenvalue weighted by molar-refractivity contribution is -0.142. The Labute approximate surface area is 175 Å². The Morgan fingerprint density at radius 3 is 2.10 bits per heavy atom. The van der Waals surface area contributed by atoms with Crippen molar-refractivity contribution in [3.63, 3.8) is 0 Å². The molecule has 0 saturated heterocycles. The highest BCUT2D eigenvalue weighted by Gasteiger charge is 2.30. The average Bonchev–Trinajstić information content (AvgIpc) is 2.74. The van der Waals surface area contributed by atoms with Crippen LogP contribution in [0.5, 0.6) is 0 Å². The summed E-state index contributed by atoms with van der Waals surface area (Å²) in [5.74, 6) is 0. The van der Waals surface area contributed by atoms with Crippen molar-refractivity contribution >= 4 is 0 Å². The zero-order valence-corrected chi connectivity index (χ0v) is 17.8. The van der Waals surface area contributed by atoms with Crippen molar-refractivity contribution < 1.29 is 19.3 Å². The fraction of sp³-hybridized carbons (Fsp3) is 0.440. The van der Waals surface area contributed by atoms with Crippen molar-refractivity contribution in [1.29, 1.82) is 0 Å². The molecule has 0 radical (unpaired) electrons. The maximum atomic E-state index is 10.8. The smallest absolute Gasteiger partial charge is 0.147 e. The molecule has 0 aliphatic heterocycles. The van der Waals surface area contributed by atoms with Crippen LogP contribution in [0, 0.1) is 0 Å². The number of allylic oxidation sites excluding steroid dienone is 1. The van der Waals surface area contributed by atoms with Gasteiger partial charge in [0, 0.05) is 6.61 Å². The van der Waals surface area contributed by atoms with Crippen molar-refractivity contribution in [2.75, 3.05) is 13.4 Å². The Balaban J connectivity index is 1.63. The molecule has 158 valence electrons. The first kappa shape index (κ1) is 23.3. The van der Waals surface area contributed by atoms with Crippen molar-refractivity contribution in [1.82, 2.24) is 0 Å². The van der Waals surface area contributed by atoms with Gasteiger partial charge in [0.2, 0.25) is 0 Å². The number of hydrogen-bond donors (Lipinski definition) is 1. The quantitative estimate of drug-likeness (QED) is 0.284. The number of hydrogen-bond acceptors (Lipinski definition) is 4. The van der Waals surface area contributed by atoms with E-state index in [0.717, 1.165) is 24.0 Å². The standard InChI is InChI=1S/C25H34O4/c1-21(12-10-11-17-27-18-23-13-6-4-7-14-23)25(3,26)22(2)29-20-28-19-24-15-8-5-9-16-24/h4-9,12-16,22,26H,10-11,17-20H2,1-3H3/b21-12+/t22-,25+/m1/s1. The van der Waals surface area contributed by atoms with Crippen molar-refractivity contribution in [3.05, 3.63) is 83.4 Å². The Hall–Kier alpha value is -1.98. The Morgan fingerprint density at radius 1 is 0.966 bits per heavy atom. The van der Waals surface area contributed by atoms with Crippen LogP contribution in [0.15, 0.2) is 72.3 Å². The molecule has 0 spiro atoms. The number of benzene rings is 2. The summed E-state index contributed by atoms with van der Waals surface area (Å²) in [6.07, 6.45) is 3.46. The molecule has 0 unspecified atom stereocenters. The Kier molecular flexibility index (Phi) is 10.1. The lowest BCUT2D eigenvalue weighted by atomic mass is 9.91. The molecule has 0 aliphatic carbocycles. The second-order valence-electron chi connectivity index (χ2n) is 7.48. The first-order valence-electron chi connectivity index (χ1n) is 10.2. The SMILES string of the molecule is C/C(=C\CCCOCc1ccccc1)[C@](C)(O)[C@@H](C)OCOCc1ccccc1. The van der Waals surface area contributed by atoms with Gasteiger partial charge in [0.15, 0.2) is 0 Å². The molecular formula is C25H34O4. The highest BCUT2D eigenvalue weighted by molar-refractivity contribution is 5.15. The van der Waals surface area contributed by atoms with Crippen LogP contribution in [0.25, 0.3) is 0 Å². The van der Waals surface area contributed by atoms with Crippen molar-refractivity contribution in [2.45, 2.75) is 58.5 Å². The zero-order valence-electron chi connectivity index (χ0n) is 17.8. The fourth-order valence-corrected chi connectivity index (χ4v) is 2.84. The van der Waals surface area contributed by atoms with Crippen LogP contribution < -0.4 is 0 Å². The maximum Gasteiger partial charge on any atom is 0.147 e. The third-order valence-electron chi connectivity index (χ3n) is 5.16. The van der Waals surface area contributed by atoms with Gasteiger partial charge in [-0.05, 0) is 50.3 Å². The van der Waals surface area contributed by atoms with E-state index in [1.165, 1.54) is 5.56 Å². The molecule has 0 saturated carbocycles. The predicted molar refractivity (Wildman–Crippen MR) is 116 cm³/mol. The molecule has 0 amide bonds. The lowest BCUT2D eigenvalue weighted by Crippen LogP contribution is -2.40. The summed E-state index contributed by atoms with van der Waals surface area (Å²) in [4.78, 5) is 0. The van der Waals surface area contributed by atoms with E-state index in [4.69, 9.17) is 14.2 Å². The van der Waals surface area contributed by atoms with Crippen molar-refractivity contribution in [2.24, 2.45) is 0 Å². The molecule has 4 nitrogen and oxygen atoms in total. The molecule has 2 rings (SSSR count). The monoisotopic (exact) mass is 398 g/mol. The van der Waals surface area contributed by atoms with Crippen molar-refractivity contribution in [3.8, 4) is 0 Å². The van der Waals surface area contributed by atoms with Gasteiger partial charge >= 0.3 is 0 Å². The van der Waals surface area contributed by atoms with Gasteiger partial charge in [0.05, 0.1) is 19.3 Å². The topological polar surface area (TPSA) is 47.9 Å². The molecule has 0 heterocycles. The van der Waals surface area contributed by atoms with Crippen LogP contribution in [-0.4, -0.2) is 30.2 Å². The molecule has 1 N–H and O–H groups in total. The number of rotatable bonds is 13. The third-order valence-corrected chi connectivity index (χ3v) is 5.16. The van der Waals surface area contributed by atoms with E-state index in [-0.39, 0.29) is 12.9 Å². The molecule has 4 heteroatoms. The minimum atomic E-state index is -1.04. The van der Waals surface area contributed by atoms with Gasteiger partial charge in [-0.3, -0.25) is 0 Å². The first-order valence-corrected chi connectivity index (χ1v) is 10.2. The van der Waals surface area contributed by atoms with E-state index in [1.54, 1.807) is 6.92 Å². The van der Waals surface area contributed by atoms with Crippen LogP contribution in [0.4, 0.5) is 0 Å². The zero-order chi connectivity index (χ0) is 21.0. The molecule has 2 aromatic carbocycles. The minimum Gasteiger partial charge on any atom is -0.383 e. The van der Waals surface area contributed by atoms with Gasteiger partial charge in [0.25, 0.3) is 0 Å². The molecule has 0 fully saturated rings. The Morgan fingerprint density at radius 2 is 1.52 bits per heavy atom. The van der Waals surface area contributed by atoms with Gasteiger partial charge in [0.1, 0.15) is 12.4 Å².